The fourth-order valence-corrected chi connectivity index (χ4v) is 4.60. The van der Waals surface area contributed by atoms with Crippen molar-refractivity contribution in [2.75, 3.05) is 20.6 Å². The molecule has 0 atom stereocenters. The van der Waals surface area contributed by atoms with Crippen molar-refractivity contribution in [3.05, 3.63) is 62.9 Å². The van der Waals surface area contributed by atoms with Crippen molar-refractivity contribution >= 4 is 22.9 Å². The predicted molar refractivity (Wildman–Crippen MR) is 109 cm³/mol. The minimum Gasteiger partial charge on any atom is -0.481 e. The van der Waals surface area contributed by atoms with E-state index in [0.717, 1.165) is 30.7 Å². The van der Waals surface area contributed by atoms with Gasteiger partial charge in [-0.3, -0.25) is 4.79 Å². The van der Waals surface area contributed by atoms with Crippen LogP contribution in [0.2, 0.25) is 0 Å². The smallest absolute Gasteiger partial charge is 0.314 e. The summed E-state index contributed by atoms with van der Waals surface area (Å²) < 4.78 is 0. The summed E-state index contributed by atoms with van der Waals surface area (Å²) in [6.45, 7) is 4.59. The number of aliphatic carboxylic acids is 1. The van der Waals surface area contributed by atoms with E-state index < -0.39 is 11.4 Å². The first kappa shape index (κ1) is 18.9. The lowest BCUT2D eigenvalue weighted by Gasteiger charge is -2.17. The van der Waals surface area contributed by atoms with Crippen molar-refractivity contribution in [1.29, 1.82) is 0 Å². The number of carboxylic acid groups (broad SMARTS) is 1. The highest BCUT2D eigenvalue weighted by Crippen LogP contribution is 2.41. The molecular weight excluding hydrogens is 342 g/mol. The van der Waals surface area contributed by atoms with Crippen LogP contribution in [0.25, 0.3) is 5.57 Å². The van der Waals surface area contributed by atoms with Gasteiger partial charge in [0.2, 0.25) is 0 Å². The molecule has 1 aromatic carbocycles. The fraction of sp³-hybridized carbons (Fsp3) is 0.409. The van der Waals surface area contributed by atoms with Crippen LogP contribution in [0.1, 0.15) is 46.7 Å². The number of benzene rings is 1. The second-order valence-corrected chi connectivity index (χ2v) is 8.88. The van der Waals surface area contributed by atoms with Crippen LogP contribution in [-0.2, 0) is 23.1 Å². The second kappa shape index (κ2) is 7.37. The van der Waals surface area contributed by atoms with Gasteiger partial charge in [0.1, 0.15) is 0 Å². The number of hydrogen-bond donors (Lipinski definition) is 1. The molecule has 26 heavy (non-hydrogen) atoms. The molecule has 0 saturated heterocycles. The van der Waals surface area contributed by atoms with E-state index in [4.69, 9.17) is 0 Å². The number of hydrogen-bond acceptors (Lipinski definition) is 3. The fourth-order valence-electron chi connectivity index (χ4n) is 3.34. The number of nitrogens with zero attached hydrogens (tertiary/aromatic N) is 1. The molecule has 0 amide bonds. The maximum Gasteiger partial charge on any atom is 0.314 e. The first-order valence-corrected chi connectivity index (χ1v) is 9.92. The molecule has 0 aliphatic heterocycles. The van der Waals surface area contributed by atoms with Gasteiger partial charge in [0.25, 0.3) is 0 Å². The highest BCUT2D eigenvalue weighted by atomic mass is 32.1. The number of thiophene rings is 1. The molecule has 2 aromatic rings. The normalized spacial score (nSPS) is 15.7. The van der Waals surface area contributed by atoms with Crippen LogP contribution in [0.4, 0.5) is 0 Å². The van der Waals surface area contributed by atoms with Crippen molar-refractivity contribution in [3.63, 3.8) is 0 Å². The first-order valence-electron chi connectivity index (χ1n) is 9.11. The van der Waals surface area contributed by atoms with Crippen molar-refractivity contribution in [2.45, 2.75) is 38.5 Å². The van der Waals surface area contributed by atoms with Crippen LogP contribution in [0.3, 0.4) is 0 Å². The minimum absolute atomic E-state index is 0.771. The molecule has 0 radical (unpaired) electrons. The summed E-state index contributed by atoms with van der Waals surface area (Å²) in [4.78, 5) is 16.1. The Kier molecular flexibility index (Phi) is 5.35. The van der Waals surface area contributed by atoms with E-state index in [1.54, 1.807) is 25.2 Å². The molecule has 1 aliphatic carbocycles. The van der Waals surface area contributed by atoms with Crippen molar-refractivity contribution in [1.82, 2.24) is 4.90 Å². The van der Waals surface area contributed by atoms with Crippen LogP contribution >= 0.6 is 11.3 Å². The van der Waals surface area contributed by atoms with Crippen LogP contribution in [0.15, 0.2) is 36.4 Å². The third-order valence-corrected chi connectivity index (χ3v) is 6.62. The molecule has 138 valence electrons. The summed E-state index contributed by atoms with van der Waals surface area (Å²) in [5, 5.41) is 9.62. The van der Waals surface area contributed by atoms with E-state index in [-0.39, 0.29) is 0 Å². The lowest BCUT2D eigenvalue weighted by molar-refractivity contribution is -0.142. The van der Waals surface area contributed by atoms with E-state index in [2.05, 4.69) is 55.4 Å². The van der Waals surface area contributed by atoms with Gasteiger partial charge in [0.15, 0.2) is 0 Å². The van der Waals surface area contributed by atoms with E-state index >= 15 is 0 Å². The Morgan fingerprint density at radius 2 is 1.96 bits per heavy atom. The third-order valence-electron chi connectivity index (χ3n) is 5.10. The van der Waals surface area contributed by atoms with Gasteiger partial charge in [0.05, 0.1) is 5.41 Å². The lowest BCUT2D eigenvalue weighted by Crippen LogP contribution is -2.27. The number of carbonyl (C=O) groups is 1. The molecule has 1 N–H and O–H groups in total. The summed E-state index contributed by atoms with van der Waals surface area (Å²) in [6.07, 6.45) is 5.27. The molecule has 4 heteroatoms. The molecule has 0 fully saturated rings. The van der Waals surface area contributed by atoms with Gasteiger partial charge in [-0.15, -0.1) is 11.3 Å². The van der Waals surface area contributed by atoms with Crippen LogP contribution in [0, 0.1) is 0 Å². The second-order valence-electron chi connectivity index (χ2n) is 7.74. The SMILES string of the molecule is CN(C)CC/C=C1\c2ccccc2CCc2sc(C(C)(C)C(=O)O)cc21. The van der Waals surface area contributed by atoms with Crippen LogP contribution < -0.4 is 0 Å². The zero-order chi connectivity index (χ0) is 18.9. The standard InChI is InChI=1S/C22H27NO2S/c1-22(2,21(24)25)20-14-18-17(10-7-13-23(3)4)16-9-6-5-8-15(16)11-12-19(18)26-20/h5-6,8-10,14H,7,11-13H2,1-4H3,(H,24,25)/b17-10+. The van der Waals surface area contributed by atoms with E-state index in [9.17, 15) is 9.90 Å². The maximum atomic E-state index is 11.7. The Bertz CT molecular complexity index is 846. The van der Waals surface area contributed by atoms with Crippen LogP contribution in [0.5, 0.6) is 0 Å². The molecule has 1 aliphatic rings. The van der Waals surface area contributed by atoms with Gasteiger partial charge in [-0.1, -0.05) is 30.3 Å². The third kappa shape index (κ3) is 3.62. The minimum atomic E-state index is -0.856. The molecule has 0 unspecified atom stereocenters. The Labute approximate surface area is 160 Å². The van der Waals surface area contributed by atoms with Gasteiger partial charge in [0, 0.05) is 16.3 Å². The number of fused-ring (bicyclic) bond motifs is 2. The van der Waals surface area contributed by atoms with Crippen molar-refractivity contribution in [2.24, 2.45) is 0 Å². The van der Waals surface area contributed by atoms with E-state index in [0.29, 0.717) is 0 Å². The molecule has 3 nitrogen and oxygen atoms in total. The predicted octanol–water partition coefficient (Wildman–Crippen LogP) is 4.59. The average Bonchev–Trinajstić information content (AvgIpc) is 2.96. The molecule has 0 saturated carbocycles. The van der Waals surface area contributed by atoms with Crippen molar-refractivity contribution < 1.29 is 9.90 Å². The van der Waals surface area contributed by atoms with Gasteiger partial charge >= 0.3 is 5.97 Å². The summed E-state index contributed by atoms with van der Waals surface area (Å²) in [5.41, 5.74) is 4.31. The zero-order valence-corrected chi connectivity index (χ0v) is 16.8. The summed E-state index contributed by atoms with van der Waals surface area (Å²) in [5.74, 6) is -0.771. The van der Waals surface area contributed by atoms with E-state index in [1.165, 1.54) is 27.1 Å². The van der Waals surface area contributed by atoms with E-state index in [1.807, 2.05) is 0 Å². The summed E-state index contributed by atoms with van der Waals surface area (Å²) >= 11 is 1.67. The van der Waals surface area contributed by atoms with Gasteiger partial charge in [-0.25, -0.2) is 0 Å². The molecule has 3 rings (SSSR count). The Balaban J connectivity index is 2.10. The number of rotatable bonds is 5. The molecule has 1 heterocycles. The summed E-state index contributed by atoms with van der Waals surface area (Å²) in [6, 6.07) is 10.7. The summed E-state index contributed by atoms with van der Waals surface area (Å²) in [7, 11) is 4.17. The number of aryl methyl sites for hydroxylation is 2. The lowest BCUT2D eigenvalue weighted by atomic mass is 9.89. The molecule has 0 spiro atoms. The Morgan fingerprint density at radius 3 is 2.65 bits per heavy atom. The van der Waals surface area contributed by atoms with Gasteiger partial charge in [-0.2, -0.15) is 0 Å². The average molecular weight is 370 g/mol. The van der Waals surface area contributed by atoms with Crippen LogP contribution in [-0.4, -0.2) is 36.6 Å². The molecule has 0 bridgehead atoms. The number of carboxylic acids is 1. The van der Waals surface area contributed by atoms with Gasteiger partial charge < -0.3 is 10.0 Å². The first-order chi connectivity index (χ1) is 12.3. The maximum absolute atomic E-state index is 11.7. The monoisotopic (exact) mass is 369 g/mol. The molecular formula is C22H27NO2S. The van der Waals surface area contributed by atoms with Gasteiger partial charge in [-0.05, 0) is 75.5 Å². The quantitative estimate of drug-likeness (QED) is 0.838. The topological polar surface area (TPSA) is 40.5 Å². The zero-order valence-electron chi connectivity index (χ0n) is 16.0. The highest BCUT2D eigenvalue weighted by Gasteiger charge is 2.33. The Morgan fingerprint density at radius 1 is 1.23 bits per heavy atom. The Hall–Kier alpha value is -1.91. The van der Waals surface area contributed by atoms with Crippen molar-refractivity contribution in [3.8, 4) is 0 Å². The largest absolute Gasteiger partial charge is 0.481 e. The highest BCUT2D eigenvalue weighted by molar-refractivity contribution is 7.12. The molecule has 1 aromatic heterocycles.